The Morgan fingerprint density at radius 1 is 1.07 bits per heavy atom. The second-order valence-electron chi connectivity index (χ2n) is 5.60. The fourth-order valence-corrected chi connectivity index (χ4v) is 3.23. The lowest BCUT2D eigenvalue weighted by Crippen LogP contribution is -2.09. The van der Waals surface area contributed by atoms with Gasteiger partial charge in [0, 0.05) is 5.69 Å². The van der Waals surface area contributed by atoms with Crippen molar-refractivity contribution in [3.05, 3.63) is 53.2 Å². The molecule has 3 aromatic heterocycles. The third kappa shape index (κ3) is 3.53. The third-order valence-corrected chi connectivity index (χ3v) is 4.51. The fourth-order valence-electron chi connectivity index (χ4n) is 2.49. The molecule has 27 heavy (non-hydrogen) atoms. The Morgan fingerprint density at radius 2 is 1.85 bits per heavy atom. The van der Waals surface area contributed by atoms with E-state index in [1.54, 1.807) is 0 Å². The van der Waals surface area contributed by atoms with Crippen LogP contribution in [0.4, 0.5) is 29.8 Å². The Kier molecular flexibility index (Phi) is 4.15. The number of fused-ring (bicyclic) bond motifs is 1. The van der Waals surface area contributed by atoms with Crippen LogP contribution in [0.1, 0.15) is 10.7 Å². The van der Waals surface area contributed by atoms with Crippen LogP contribution in [0.3, 0.4) is 0 Å². The molecule has 3 heterocycles. The van der Waals surface area contributed by atoms with Crippen LogP contribution in [0, 0.1) is 0 Å². The van der Waals surface area contributed by atoms with Gasteiger partial charge < -0.3 is 11.1 Å². The number of para-hydroxylation sites is 1. The first-order valence-corrected chi connectivity index (χ1v) is 8.56. The normalized spacial score (nSPS) is 11.8. The number of nitrogen functional groups attached to an aromatic ring is 1. The minimum absolute atomic E-state index is 0.0510. The zero-order chi connectivity index (χ0) is 19.0. The summed E-state index contributed by atoms with van der Waals surface area (Å²) in [5.74, 6) is 0.110. The van der Waals surface area contributed by atoms with E-state index in [9.17, 15) is 13.2 Å². The highest BCUT2D eigenvalue weighted by Crippen LogP contribution is 2.30. The van der Waals surface area contributed by atoms with Crippen LogP contribution in [0.2, 0.25) is 0 Å². The predicted octanol–water partition coefficient (Wildman–Crippen LogP) is 3.68. The number of nitrogens with zero attached hydrogens (tertiary/aromatic N) is 5. The number of anilines is 3. The van der Waals surface area contributed by atoms with E-state index in [1.165, 1.54) is 22.1 Å². The summed E-state index contributed by atoms with van der Waals surface area (Å²) in [6, 6.07) is 11.6. The summed E-state index contributed by atoms with van der Waals surface area (Å²) in [6.07, 6.45) is -4.55. The van der Waals surface area contributed by atoms with Gasteiger partial charge in [0.2, 0.25) is 5.13 Å². The van der Waals surface area contributed by atoms with Gasteiger partial charge in [-0.05, 0) is 24.3 Å². The number of nitrogens with one attached hydrogen (secondary N) is 1. The molecule has 4 aromatic rings. The Morgan fingerprint density at radius 3 is 2.59 bits per heavy atom. The van der Waals surface area contributed by atoms with Gasteiger partial charge in [0.1, 0.15) is 10.7 Å². The molecule has 7 nitrogen and oxygen atoms in total. The molecule has 11 heteroatoms. The second-order valence-corrected chi connectivity index (χ2v) is 6.66. The van der Waals surface area contributed by atoms with E-state index in [0.29, 0.717) is 15.5 Å². The molecular weight excluding hydrogens is 379 g/mol. The summed E-state index contributed by atoms with van der Waals surface area (Å²) in [6.45, 7) is 0.107. The van der Waals surface area contributed by atoms with Crippen molar-refractivity contribution in [1.29, 1.82) is 0 Å². The summed E-state index contributed by atoms with van der Waals surface area (Å²) >= 11 is 1.27. The summed E-state index contributed by atoms with van der Waals surface area (Å²) in [5, 5.41) is 16.7. The van der Waals surface area contributed by atoms with Gasteiger partial charge in [-0.15, -0.1) is 10.2 Å². The quantitative estimate of drug-likeness (QED) is 0.551. The maximum absolute atomic E-state index is 12.9. The molecule has 0 spiro atoms. The number of pyridine rings is 1. The zero-order valence-electron chi connectivity index (χ0n) is 13.6. The largest absolute Gasteiger partial charge is 0.433 e. The van der Waals surface area contributed by atoms with Crippen molar-refractivity contribution >= 4 is 39.0 Å². The number of alkyl halides is 3. The van der Waals surface area contributed by atoms with Crippen LogP contribution in [0.15, 0.2) is 42.5 Å². The minimum Gasteiger partial charge on any atom is -0.382 e. The maximum Gasteiger partial charge on any atom is 0.433 e. The first-order chi connectivity index (χ1) is 12.9. The van der Waals surface area contributed by atoms with Crippen molar-refractivity contribution in [2.75, 3.05) is 11.1 Å². The molecule has 0 amide bonds. The van der Waals surface area contributed by atoms with Crippen LogP contribution in [-0.2, 0) is 12.7 Å². The van der Waals surface area contributed by atoms with E-state index in [1.807, 2.05) is 30.3 Å². The van der Waals surface area contributed by atoms with E-state index >= 15 is 0 Å². The number of benzene rings is 1. The Balaban J connectivity index is 1.62. The number of halogens is 3. The van der Waals surface area contributed by atoms with Crippen molar-refractivity contribution in [2.45, 2.75) is 12.7 Å². The molecule has 0 aliphatic heterocycles. The molecule has 0 unspecified atom stereocenters. The van der Waals surface area contributed by atoms with Crippen LogP contribution in [0.5, 0.6) is 0 Å². The van der Waals surface area contributed by atoms with Crippen LogP contribution >= 0.6 is 11.3 Å². The van der Waals surface area contributed by atoms with E-state index in [2.05, 4.69) is 25.6 Å². The first-order valence-electron chi connectivity index (χ1n) is 7.75. The number of rotatable bonds is 4. The summed E-state index contributed by atoms with van der Waals surface area (Å²) in [5.41, 5.74) is 5.70. The van der Waals surface area contributed by atoms with Gasteiger partial charge in [-0.3, -0.25) is 0 Å². The van der Waals surface area contributed by atoms with Crippen molar-refractivity contribution in [2.24, 2.45) is 0 Å². The van der Waals surface area contributed by atoms with E-state index in [-0.39, 0.29) is 18.0 Å². The summed E-state index contributed by atoms with van der Waals surface area (Å²) in [4.78, 5) is 3.67. The average Bonchev–Trinajstić information content (AvgIpc) is 3.20. The number of hydrogen-bond acceptors (Lipinski definition) is 7. The highest BCUT2D eigenvalue weighted by atomic mass is 32.1. The van der Waals surface area contributed by atoms with Gasteiger partial charge in [0.15, 0.2) is 11.5 Å². The summed E-state index contributed by atoms with van der Waals surface area (Å²) in [7, 11) is 0. The smallest absolute Gasteiger partial charge is 0.382 e. The monoisotopic (exact) mass is 391 g/mol. The highest BCUT2D eigenvalue weighted by molar-refractivity contribution is 7.15. The van der Waals surface area contributed by atoms with Crippen molar-refractivity contribution in [1.82, 2.24) is 25.0 Å². The van der Waals surface area contributed by atoms with E-state index in [4.69, 9.17) is 5.73 Å². The lowest BCUT2D eigenvalue weighted by molar-refractivity contribution is -0.141. The number of aromatic nitrogens is 5. The predicted molar refractivity (Wildman–Crippen MR) is 95.7 cm³/mol. The molecule has 0 aliphatic carbocycles. The Bertz CT molecular complexity index is 1090. The van der Waals surface area contributed by atoms with Gasteiger partial charge in [0.05, 0.1) is 11.9 Å². The fraction of sp³-hybridized carbons (Fsp3) is 0.125. The number of hydrogen-bond donors (Lipinski definition) is 2. The molecular formula is C16H12F3N7S. The number of nitrogens with two attached hydrogens (primary N) is 1. The van der Waals surface area contributed by atoms with Gasteiger partial charge in [0.25, 0.3) is 0 Å². The van der Waals surface area contributed by atoms with Crippen LogP contribution < -0.4 is 11.1 Å². The van der Waals surface area contributed by atoms with Crippen LogP contribution in [0.25, 0.3) is 11.0 Å². The minimum atomic E-state index is -4.55. The molecule has 0 saturated heterocycles. The maximum atomic E-state index is 12.9. The molecule has 0 radical (unpaired) electrons. The Hall–Kier alpha value is -3.21. The second kappa shape index (κ2) is 6.50. The lowest BCUT2D eigenvalue weighted by Gasteiger charge is -2.06. The standard InChI is InChI=1S/C16H12F3N7S/c17-16(18,19)11-7-6-10-13(20)25-26(14(10)22-11)8-12-23-24-15(27-12)21-9-4-2-1-3-5-9/h1-7H,8H2,(H2,20,25)(H,21,24). The molecule has 0 atom stereocenters. The SMILES string of the molecule is Nc1nn(Cc2nnc(Nc3ccccc3)s2)c2nc(C(F)(F)F)ccc12. The molecule has 0 bridgehead atoms. The van der Waals surface area contributed by atoms with Gasteiger partial charge in [-0.2, -0.15) is 18.3 Å². The molecule has 3 N–H and O–H groups in total. The molecule has 1 aromatic carbocycles. The Labute approximate surface area is 154 Å². The molecule has 0 fully saturated rings. The topological polar surface area (TPSA) is 94.5 Å². The molecule has 138 valence electrons. The molecule has 0 saturated carbocycles. The van der Waals surface area contributed by atoms with Crippen molar-refractivity contribution < 1.29 is 13.2 Å². The highest BCUT2D eigenvalue weighted by Gasteiger charge is 2.33. The third-order valence-electron chi connectivity index (χ3n) is 3.69. The van der Waals surface area contributed by atoms with Crippen molar-refractivity contribution in [3.63, 3.8) is 0 Å². The average molecular weight is 391 g/mol. The van der Waals surface area contributed by atoms with E-state index < -0.39 is 11.9 Å². The molecule has 0 aliphatic rings. The van der Waals surface area contributed by atoms with Gasteiger partial charge in [-0.25, -0.2) is 9.67 Å². The van der Waals surface area contributed by atoms with Crippen LogP contribution in [-0.4, -0.2) is 25.0 Å². The molecule has 4 rings (SSSR count). The van der Waals surface area contributed by atoms with Crippen molar-refractivity contribution in [3.8, 4) is 0 Å². The van der Waals surface area contributed by atoms with Gasteiger partial charge in [-0.1, -0.05) is 29.5 Å². The summed E-state index contributed by atoms with van der Waals surface area (Å²) < 4.78 is 40.1. The first kappa shape index (κ1) is 17.2. The van der Waals surface area contributed by atoms with E-state index in [0.717, 1.165) is 11.8 Å². The lowest BCUT2D eigenvalue weighted by atomic mass is 10.3. The zero-order valence-corrected chi connectivity index (χ0v) is 14.4. The van der Waals surface area contributed by atoms with Gasteiger partial charge >= 0.3 is 6.18 Å².